The van der Waals surface area contributed by atoms with Gasteiger partial charge in [-0.15, -0.1) is 0 Å². The van der Waals surface area contributed by atoms with E-state index in [1.54, 1.807) is 0 Å². The van der Waals surface area contributed by atoms with E-state index in [0.717, 1.165) is 6.54 Å². The molecule has 2 heteroatoms. The van der Waals surface area contributed by atoms with Crippen LogP contribution in [0.15, 0.2) is 0 Å². The van der Waals surface area contributed by atoms with Crippen LogP contribution >= 0.6 is 0 Å². The van der Waals surface area contributed by atoms with Crippen molar-refractivity contribution in [3.05, 3.63) is 0 Å². The molecule has 0 saturated carbocycles. The van der Waals surface area contributed by atoms with Gasteiger partial charge in [-0.25, -0.2) is 0 Å². The number of rotatable bonds is 0. The molecule has 0 amide bonds. The number of hydrazine groups is 1. The first-order valence-electron chi connectivity index (χ1n) is 5.21. The van der Waals surface area contributed by atoms with Gasteiger partial charge in [0.15, 0.2) is 0 Å². The maximum absolute atomic E-state index is 3.40. The van der Waals surface area contributed by atoms with Crippen molar-refractivity contribution in [3.63, 3.8) is 0 Å². The monoisotopic (exact) mass is 184 g/mol. The van der Waals surface area contributed by atoms with Gasteiger partial charge in [0, 0.05) is 12.6 Å². The molecule has 0 aromatic heterocycles. The van der Waals surface area contributed by atoms with Crippen LogP contribution in [0.3, 0.4) is 0 Å². The Morgan fingerprint density at radius 3 is 1.77 bits per heavy atom. The minimum absolute atomic E-state index is 0.335. The summed E-state index contributed by atoms with van der Waals surface area (Å²) >= 11 is 0. The SMILES string of the molecule is CC(C)(C)C1CNNC1C(C)(C)C. The summed E-state index contributed by atoms with van der Waals surface area (Å²) in [5.74, 6) is 0.715. The van der Waals surface area contributed by atoms with Gasteiger partial charge in [0.25, 0.3) is 0 Å². The molecule has 1 rings (SSSR count). The highest BCUT2D eigenvalue weighted by molar-refractivity contribution is 4.95. The molecule has 1 aliphatic rings. The Bertz CT molecular complexity index is 154. The van der Waals surface area contributed by atoms with Crippen molar-refractivity contribution < 1.29 is 0 Å². The van der Waals surface area contributed by atoms with Gasteiger partial charge >= 0.3 is 0 Å². The first kappa shape index (κ1) is 11.0. The van der Waals surface area contributed by atoms with Crippen molar-refractivity contribution in [2.45, 2.75) is 47.6 Å². The van der Waals surface area contributed by atoms with Gasteiger partial charge in [-0.2, -0.15) is 0 Å². The highest BCUT2D eigenvalue weighted by atomic mass is 15.4. The van der Waals surface area contributed by atoms with E-state index in [1.165, 1.54) is 0 Å². The van der Waals surface area contributed by atoms with E-state index in [0.29, 0.717) is 22.8 Å². The highest BCUT2D eigenvalue weighted by Crippen LogP contribution is 2.37. The Morgan fingerprint density at radius 1 is 0.923 bits per heavy atom. The molecule has 13 heavy (non-hydrogen) atoms. The molecule has 0 bridgehead atoms. The molecule has 0 aromatic rings. The zero-order valence-electron chi connectivity index (χ0n) is 9.86. The van der Waals surface area contributed by atoms with Crippen molar-refractivity contribution in [2.24, 2.45) is 16.7 Å². The molecule has 2 N–H and O–H groups in total. The van der Waals surface area contributed by atoms with Crippen molar-refractivity contribution >= 4 is 0 Å². The maximum atomic E-state index is 3.40. The molecule has 1 saturated heterocycles. The number of nitrogens with one attached hydrogen (secondary N) is 2. The summed E-state index contributed by atoms with van der Waals surface area (Å²) < 4.78 is 0. The molecule has 1 heterocycles. The zero-order chi connectivity index (χ0) is 10.3. The fraction of sp³-hybridized carbons (Fsp3) is 1.00. The van der Waals surface area contributed by atoms with Crippen LogP contribution in [-0.4, -0.2) is 12.6 Å². The van der Waals surface area contributed by atoms with Crippen LogP contribution in [0.5, 0.6) is 0 Å². The molecule has 2 nitrogen and oxygen atoms in total. The zero-order valence-corrected chi connectivity index (χ0v) is 9.86. The standard InChI is InChI=1S/C11H24N2/c1-10(2,3)8-7-12-13-9(8)11(4,5)6/h8-9,12-13H,7H2,1-6H3. The van der Waals surface area contributed by atoms with Gasteiger partial charge in [-0.05, 0) is 16.7 Å². The Hall–Kier alpha value is -0.0800. The van der Waals surface area contributed by atoms with E-state index in [2.05, 4.69) is 52.4 Å². The van der Waals surface area contributed by atoms with E-state index in [9.17, 15) is 0 Å². The molecule has 2 unspecified atom stereocenters. The average molecular weight is 184 g/mol. The quantitative estimate of drug-likeness (QED) is 0.603. The Kier molecular flexibility index (Phi) is 2.75. The van der Waals surface area contributed by atoms with Crippen LogP contribution in [0.2, 0.25) is 0 Å². The summed E-state index contributed by atoms with van der Waals surface area (Å²) in [6.45, 7) is 15.0. The Morgan fingerprint density at radius 2 is 1.46 bits per heavy atom. The normalized spacial score (nSPS) is 30.9. The molecular formula is C11H24N2. The molecular weight excluding hydrogens is 160 g/mol. The molecule has 1 fully saturated rings. The van der Waals surface area contributed by atoms with Gasteiger partial charge in [0.1, 0.15) is 0 Å². The van der Waals surface area contributed by atoms with Crippen molar-refractivity contribution in [2.75, 3.05) is 6.54 Å². The molecule has 1 aliphatic heterocycles. The average Bonchev–Trinajstić information content (AvgIpc) is 2.27. The lowest BCUT2D eigenvalue weighted by Gasteiger charge is -2.38. The summed E-state index contributed by atoms with van der Waals surface area (Å²) in [5, 5.41) is 0. The van der Waals surface area contributed by atoms with E-state index in [1.807, 2.05) is 0 Å². The first-order chi connectivity index (χ1) is 5.73. The molecule has 0 aromatic carbocycles. The summed E-state index contributed by atoms with van der Waals surface area (Å²) in [5.41, 5.74) is 7.41. The fourth-order valence-electron chi connectivity index (χ4n) is 2.12. The number of hydrogen-bond acceptors (Lipinski definition) is 2. The maximum Gasteiger partial charge on any atom is 0.0307 e. The third kappa shape index (κ3) is 2.44. The van der Waals surface area contributed by atoms with Gasteiger partial charge < -0.3 is 0 Å². The largest absolute Gasteiger partial charge is 0.257 e. The third-order valence-electron chi connectivity index (χ3n) is 3.03. The van der Waals surface area contributed by atoms with E-state index < -0.39 is 0 Å². The van der Waals surface area contributed by atoms with Crippen LogP contribution in [0.25, 0.3) is 0 Å². The topological polar surface area (TPSA) is 24.1 Å². The summed E-state index contributed by atoms with van der Waals surface area (Å²) in [6.07, 6.45) is 0. The molecule has 0 radical (unpaired) electrons. The first-order valence-corrected chi connectivity index (χ1v) is 5.21. The van der Waals surface area contributed by atoms with Crippen molar-refractivity contribution in [1.82, 2.24) is 10.9 Å². The number of hydrogen-bond donors (Lipinski definition) is 2. The fourth-order valence-corrected chi connectivity index (χ4v) is 2.12. The molecule has 78 valence electrons. The van der Waals surface area contributed by atoms with Crippen LogP contribution in [0.1, 0.15) is 41.5 Å². The van der Waals surface area contributed by atoms with Gasteiger partial charge in [0.2, 0.25) is 0 Å². The second-order valence-corrected chi connectivity index (χ2v) is 6.34. The van der Waals surface area contributed by atoms with Crippen molar-refractivity contribution in [1.29, 1.82) is 0 Å². The van der Waals surface area contributed by atoms with Crippen LogP contribution in [-0.2, 0) is 0 Å². The van der Waals surface area contributed by atoms with Gasteiger partial charge in [-0.1, -0.05) is 41.5 Å². The summed E-state index contributed by atoms with van der Waals surface area (Å²) in [6, 6.07) is 0.576. The van der Waals surface area contributed by atoms with E-state index in [4.69, 9.17) is 0 Å². The minimum atomic E-state index is 0.335. The summed E-state index contributed by atoms with van der Waals surface area (Å²) in [4.78, 5) is 0. The smallest absolute Gasteiger partial charge is 0.0307 e. The van der Waals surface area contributed by atoms with Crippen LogP contribution in [0.4, 0.5) is 0 Å². The molecule has 0 spiro atoms. The summed E-state index contributed by atoms with van der Waals surface area (Å²) in [7, 11) is 0. The Balaban J connectivity index is 2.76. The van der Waals surface area contributed by atoms with E-state index in [-0.39, 0.29) is 0 Å². The third-order valence-corrected chi connectivity index (χ3v) is 3.03. The van der Waals surface area contributed by atoms with Gasteiger partial charge in [0.05, 0.1) is 0 Å². The molecule has 2 atom stereocenters. The van der Waals surface area contributed by atoms with Crippen LogP contribution < -0.4 is 10.9 Å². The van der Waals surface area contributed by atoms with Crippen molar-refractivity contribution in [3.8, 4) is 0 Å². The lowest BCUT2D eigenvalue weighted by atomic mass is 9.69. The predicted octanol–water partition coefficient (Wildman–Crippen LogP) is 2.17. The lowest BCUT2D eigenvalue weighted by Crippen LogP contribution is -2.45. The van der Waals surface area contributed by atoms with Crippen LogP contribution in [0, 0.1) is 16.7 Å². The highest BCUT2D eigenvalue weighted by Gasteiger charge is 2.41. The second kappa shape index (κ2) is 3.25. The van der Waals surface area contributed by atoms with Gasteiger partial charge in [-0.3, -0.25) is 10.9 Å². The van der Waals surface area contributed by atoms with E-state index >= 15 is 0 Å². The molecule has 0 aliphatic carbocycles. The lowest BCUT2D eigenvalue weighted by molar-refractivity contribution is 0.149. The minimum Gasteiger partial charge on any atom is -0.257 e. The predicted molar refractivity (Wildman–Crippen MR) is 57.3 cm³/mol. The Labute approximate surface area is 82.5 Å². The second-order valence-electron chi connectivity index (χ2n) is 6.34.